The Balaban J connectivity index is 1.79. The standard InChI is InChI=1S/C20H17ClO2S/c1-14-4-6-15(7-5-14)18(22)13-20(19-3-2-12-23-19)24-17-10-8-16(21)9-11-17/h2-12,20H,13H2,1H3. The van der Waals surface area contributed by atoms with Crippen LogP contribution in [0, 0.1) is 6.92 Å². The number of aryl methyl sites for hydroxylation is 1. The Labute approximate surface area is 150 Å². The van der Waals surface area contributed by atoms with E-state index in [4.69, 9.17) is 16.0 Å². The largest absolute Gasteiger partial charge is 0.468 e. The number of hydrogen-bond acceptors (Lipinski definition) is 3. The van der Waals surface area contributed by atoms with E-state index in [2.05, 4.69) is 0 Å². The lowest BCUT2D eigenvalue weighted by Gasteiger charge is -2.14. The van der Waals surface area contributed by atoms with Crippen LogP contribution < -0.4 is 0 Å². The molecule has 0 aliphatic carbocycles. The number of carbonyl (C=O) groups excluding carboxylic acids is 1. The predicted molar refractivity (Wildman–Crippen MR) is 98.9 cm³/mol. The summed E-state index contributed by atoms with van der Waals surface area (Å²) in [6.45, 7) is 2.01. The van der Waals surface area contributed by atoms with E-state index in [9.17, 15) is 4.79 Å². The third-order valence-corrected chi connectivity index (χ3v) is 5.18. The van der Waals surface area contributed by atoms with Gasteiger partial charge in [0.2, 0.25) is 0 Å². The molecule has 4 heteroatoms. The van der Waals surface area contributed by atoms with Gasteiger partial charge in [-0.15, -0.1) is 11.8 Å². The molecule has 0 amide bonds. The first kappa shape index (κ1) is 16.9. The smallest absolute Gasteiger partial charge is 0.164 e. The van der Waals surface area contributed by atoms with Gasteiger partial charge >= 0.3 is 0 Å². The lowest BCUT2D eigenvalue weighted by molar-refractivity contribution is 0.0980. The van der Waals surface area contributed by atoms with Crippen molar-refractivity contribution < 1.29 is 9.21 Å². The van der Waals surface area contributed by atoms with Crippen LogP contribution in [0.5, 0.6) is 0 Å². The van der Waals surface area contributed by atoms with Crippen molar-refractivity contribution in [2.24, 2.45) is 0 Å². The number of carbonyl (C=O) groups is 1. The Hall–Kier alpha value is -1.97. The Bertz CT molecular complexity index is 793. The van der Waals surface area contributed by atoms with Gasteiger partial charge in [-0.1, -0.05) is 41.4 Å². The van der Waals surface area contributed by atoms with Crippen molar-refractivity contribution in [3.63, 3.8) is 0 Å². The summed E-state index contributed by atoms with van der Waals surface area (Å²) in [6.07, 6.45) is 2.02. The predicted octanol–water partition coefficient (Wildman–Crippen LogP) is 6.35. The van der Waals surface area contributed by atoms with Crippen LogP contribution in [-0.4, -0.2) is 5.78 Å². The number of rotatable bonds is 6. The monoisotopic (exact) mass is 356 g/mol. The fraction of sp³-hybridized carbons (Fsp3) is 0.150. The average Bonchev–Trinajstić information content (AvgIpc) is 3.11. The van der Waals surface area contributed by atoms with Gasteiger partial charge < -0.3 is 4.42 Å². The number of benzene rings is 2. The first-order valence-corrected chi connectivity index (χ1v) is 8.93. The molecule has 0 aliphatic heterocycles. The zero-order valence-corrected chi connectivity index (χ0v) is 14.8. The topological polar surface area (TPSA) is 30.2 Å². The first-order valence-electron chi connectivity index (χ1n) is 7.67. The van der Waals surface area contributed by atoms with Crippen molar-refractivity contribution in [1.82, 2.24) is 0 Å². The normalized spacial score (nSPS) is 12.1. The van der Waals surface area contributed by atoms with E-state index in [1.807, 2.05) is 67.6 Å². The lowest BCUT2D eigenvalue weighted by atomic mass is 10.0. The van der Waals surface area contributed by atoms with Gasteiger partial charge in [0, 0.05) is 21.9 Å². The molecular weight excluding hydrogens is 340 g/mol. The molecule has 1 aromatic heterocycles. The maximum atomic E-state index is 12.6. The fourth-order valence-corrected chi connectivity index (χ4v) is 3.61. The number of furan rings is 1. The summed E-state index contributed by atoms with van der Waals surface area (Å²) in [5, 5.41) is 0.625. The molecule has 1 heterocycles. The Kier molecular flexibility index (Phi) is 5.44. The number of halogens is 1. The summed E-state index contributed by atoms with van der Waals surface area (Å²) < 4.78 is 5.55. The van der Waals surface area contributed by atoms with Gasteiger partial charge in [0.15, 0.2) is 5.78 Å². The van der Waals surface area contributed by atoms with Crippen LogP contribution in [0.1, 0.15) is 33.4 Å². The third-order valence-electron chi connectivity index (χ3n) is 3.70. The summed E-state index contributed by atoms with van der Waals surface area (Å²) in [6, 6.07) is 19.1. The van der Waals surface area contributed by atoms with E-state index in [1.165, 1.54) is 0 Å². The van der Waals surface area contributed by atoms with Crippen LogP contribution in [-0.2, 0) is 0 Å². The van der Waals surface area contributed by atoms with Gasteiger partial charge in [0.1, 0.15) is 5.76 Å². The maximum Gasteiger partial charge on any atom is 0.164 e. The van der Waals surface area contributed by atoms with Gasteiger partial charge in [0.25, 0.3) is 0 Å². The van der Waals surface area contributed by atoms with Crippen molar-refractivity contribution in [1.29, 1.82) is 0 Å². The van der Waals surface area contributed by atoms with Crippen LogP contribution in [0.15, 0.2) is 76.2 Å². The van der Waals surface area contributed by atoms with Gasteiger partial charge in [-0.25, -0.2) is 0 Å². The quantitative estimate of drug-likeness (QED) is 0.381. The average molecular weight is 357 g/mol. The molecule has 0 spiro atoms. The second-order valence-electron chi connectivity index (χ2n) is 5.57. The summed E-state index contributed by atoms with van der Waals surface area (Å²) >= 11 is 7.55. The first-order chi connectivity index (χ1) is 11.6. The highest BCUT2D eigenvalue weighted by Crippen LogP contribution is 2.39. The molecule has 2 aromatic carbocycles. The molecule has 0 saturated carbocycles. The fourth-order valence-electron chi connectivity index (χ4n) is 2.38. The van der Waals surface area contributed by atoms with Crippen molar-refractivity contribution in [3.05, 3.63) is 88.8 Å². The molecule has 1 atom stereocenters. The summed E-state index contributed by atoms with van der Waals surface area (Å²) in [4.78, 5) is 13.7. The molecule has 2 nitrogen and oxygen atoms in total. The summed E-state index contributed by atoms with van der Waals surface area (Å²) in [7, 11) is 0. The number of hydrogen-bond donors (Lipinski definition) is 0. The molecule has 1 unspecified atom stereocenters. The Morgan fingerprint density at radius 3 is 2.42 bits per heavy atom. The van der Waals surface area contributed by atoms with Crippen LogP contribution >= 0.6 is 23.4 Å². The summed E-state index contributed by atoms with van der Waals surface area (Å²) in [5.74, 6) is 0.910. The van der Waals surface area contributed by atoms with Gasteiger partial charge in [-0.2, -0.15) is 0 Å². The van der Waals surface area contributed by atoms with E-state index in [1.54, 1.807) is 18.0 Å². The minimum Gasteiger partial charge on any atom is -0.468 e. The SMILES string of the molecule is Cc1ccc(C(=O)CC(Sc2ccc(Cl)cc2)c2ccco2)cc1. The van der Waals surface area contributed by atoms with E-state index in [-0.39, 0.29) is 11.0 Å². The van der Waals surface area contributed by atoms with Crippen molar-refractivity contribution in [2.75, 3.05) is 0 Å². The second kappa shape index (κ2) is 7.73. The van der Waals surface area contributed by atoms with E-state index in [0.29, 0.717) is 11.4 Å². The van der Waals surface area contributed by atoms with Gasteiger partial charge in [-0.05, 0) is 43.3 Å². The molecule has 3 aromatic rings. The highest BCUT2D eigenvalue weighted by atomic mass is 35.5. The molecule has 0 aliphatic rings. The van der Waals surface area contributed by atoms with E-state index >= 15 is 0 Å². The van der Waals surface area contributed by atoms with Crippen LogP contribution in [0.25, 0.3) is 0 Å². The zero-order valence-electron chi connectivity index (χ0n) is 13.2. The molecule has 0 fully saturated rings. The maximum absolute atomic E-state index is 12.6. The molecule has 24 heavy (non-hydrogen) atoms. The highest BCUT2D eigenvalue weighted by Gasteiger charge is 2.21. The number of thioether (sulfide) groups is 1. The molecule has 0 radical (unpaired) electrons. The highest BCUT2D eigenvalue weighted by molar-refractivity contribution is 7.99. The minimum absolute atomic E-state index is 0.0741. The second-order valence-corrected chi connectivity index (χ2v) is 7.28. The third kappa shape index (κ3) is 4.31. The minimum atomic E-state index is -0.0741. The van der Waals surface area contributed by atoms with Crippen molar-refractivity contribution >= 4 is 29.1 Å². The van der Waals surface area contributed by atoms with Crippen LogP contribution in [0.4, 0.5) is 0 Å². The lowest BCUT2D eigenvalue weighted by Crippen LogP contribution is -2.05. The van der Waals surface area contributed by atoms with Crippen LogP contribution in [0.2, 0.25) is 5.02 Å². The molecule has 0 saturated heterocycles. The van der Waals surface area contributed by atoms with Gasteiger partial charge in [-0.3, -0.25) is 4.79 Å². The van der Waals surface area contributed by atoms with E-state index in [0.717, 1.165) is 21.8 Å². The Morgan fingerprint density at radius 1 is 1.08 bits per heavy atom. The molecule has 0 bridgehead atoms. The molecule has 3 rings (SSSR count). The molecule has 122 valence electrons. The zero-order chi connectivity index (χ0) is 16.9. The van der Waals surface area contributed by atoms with Crippen molar-refractivity contribution in [2.45, 2.75) is 23.5 Å². The molecule has 0 N–H and O–H groups in total. The molecular formula is C20H17ClO2S. The van der Waals surface area contributed by atoms with E-state index < -0.39 is 0 Å². The van der Waals surface area contributed by atoms with Gasteiger partial charge in [0.05, 0.1) is 11.5 Å². The number of Topliss-reactive ketones (excluding diaryl/α,β-unsaturated/α-hetero) is 1. The number of ketones is 1. The van der Waals surface area contributed by atoms with Crippen molar-refractivity contribution in [3.8, 4) is 0 Å². The Morgan fingerprint density at radius 2 is 1.79 bits per heavy atom. The summed E-state index contributed by atoms with van der Waals surface area (Å²) in [5.41, 5.74) is 1.87. The van der Waals surface area contributed by atoms with Crippen LogP contribution in [0.3, 0.4) is 0 Å².